The summed E-state index contributed by atoms with van der Waals surface area (Å²) in [4.78, 5) is 15.9. The van der Waals surface area contributed by atoms with E-state index in [9.17, 15) is 18.3 Å². The Bertz CT molecular complexity index is 1920. The third-order valence-corrected chi connectivity index (χ3v) is 19.2. The van der Waals surface area contributed by atoms with Crippen molar-refractivity contribution in [1.82, 2.24) is 10.0 Å². The lowest BCUT2D eigenvalue weighted by Crippen LogP contribution is -2.55. The van der Waals surface area contributed by atoms with Gasteiger partial charge in [-0.05, 0) is 159 Å². The summed E-state index contributed by atoms with van der Waals surface area (Å²) in [6, 6.07) is 11.5. The molecule has 7 aliphatic rings. The van der Waals surface area contributed by atoms with Crippen LogP contribution in [0.5, 0.6) is 5.75 Å². The van der Waals surface area contributed by atoms with Crippen molar-refractivity contribution in [3.05, 3.63) is 70.3 Å². The van der Waals surface area contributed by atoms with E-state index in [0.717, 1.165) is 80.4 Å². The number of nitrogens with zero attached hydrogens (tertiary/aromatic N) is 1. The van der Waals surface area contributed by atoms with Crippen LogP contribution in [0.2, 0.25) is 5.02 Å². The molecule has 5 aliphatic heterocycles. The first-order valence-electron chi connectivity index (χ1n) is 21.7. The van der Waals surface area contributed by atoms with Gasteiger partial charge in [-0.15, -0.1) is 23.5 Å². The molecule has 5 heterocycles. The molecule has 14 heteroatoms. The number of piperidine rings is 1. The molecule has 4 fully saturated rings. The number of anilines is 1. The summed E-state index contributed by atoms with van der Waals surface area (Å²) in [7, 11) is -3.95. The maximum absolute atomic E-state index is 13.5. The zero-order chi connectivity index (χ0) is 41.8. The Morgan fingerprint density at radius 3 is 2.44 bits per heavy atom. The summed E-state index contributed by atoms with van der Waals surface area (Å²) in [6.07, 6.45) is 14.3. The average molecular weight is 1000 g/mol. The monoisotopic (exact) mass is 999 g/mol. The molecule has 3 saturated heterocycles. The third kappa shape index (κ3) is 10.1. The Morgan fingerprint density at radius 2 is 1.78 bits per heavy atom. The van der Waals surface area contributed by atoms with Crippen LogP contribution in [0.3, 0.4) is 0 Å². The Kier molecular flexibility index (Phi) is 15.3. The number of hydrogen-bond donors (Lipinski definition) is 3. The molecule has 1 amide bonds. The zero-order valence-corrected chi connectivity index (χ0v) is 40.2. The number of fused-ring (bicyclic) bond motifs is 4. The van der Waals surface area contributed by atoms with E-state index in [-0.39, 0.29) is 33.3 Å². The molecule has 1 saturated carbocycles. The molecule has 2 aliphatic carbocycles. The van der Waals surface area contributed by atoms with Gasteiger partial charge in [-0.25, -0.2) is 13.1 Å². The van der Waals surface area contributed by atoms with Gasteiger partial charge in [0.05, 0.1) is 34.3 Å². The van der Waals surface area contributed by atoms with E-state index in [0.29, 0.717) is 37.5 Å². The van der Waals surface area contributed by atoms with Gasteiger partial charge >= 0.3 is 0 Å². The molecule has 9 rings (SSSR count). The highest BCUT2D eigenvalue weighted by atomic mass is 127. The molecule has 59 heavy (non-hydrogen) atoms. The van der Waals surface area contributed by atoms with E-state index in [1.165, 1.54) is 34.8 Å². The van der Waals surface area contributed by atoms with Crippen LogP contribution in [0, 0.1) is 17.8 Å². The van der Waals surface area contributed by atoms with Gasteiger partial charge in [0.1, 0.15) is 11.4 Å². The first kappa shape index (κ1) is 45.8. The number of carbonyl (C=O) groups is 1. The lowest BCUT2D eigenvalue weighted by atomic mass is 9.64. The normalized spacial score (nSPS) is 33.1. The van der Waals surface area contributed by atoms with Crippen LogP contribution in [0.25, 0.3) is 0 Å². The number of benzene rings is 2. The number of allylic oxidation sites excluding steroid dienone is 1. The standard InChI is InChI=1S/C36H45ClN2O5S3.C7H13NO.C2H5I/c1-23-6-3-15-36(41,34-45-16-5-17-46-34)30-11-8-27(30)20-39-21-35(14-4-7-25-18-28(37)10-12-29(25)35)22-44-32-13-9-26(19-31(32)39)33(40)38-47(42,43)24(23)2;1-4-8-5-2-7(1)3-6-9-7;1-2-3/h3,9-10,12-13,15,18-19,23-24,27,30,34,41H,4-8,11,14,16-17,20-22H2,1-2H3,(H,38,40);8H,1-6H2;2H2,1H3/b15-3+;;/t23-,24+,27-,30+,35-,36+;;/m0../s1. The summed E-state index contributed by atoms with van der Waals surface area (Å²) < 4.78 is 42.6. The predicted molar refractivity (Wildman–Crippen MR) is 253 cm³/mol. The average Bonchev–Trinajstić information content (AvgIpc) is 3.35. The van der Waals surface area contributed by atoms with Crippen molar-refractivity contribution < 1.29 is 27.8 Å². The highest BCUT2D eigenvalue weighted by Gasteiger charge is 2.52. The summed E-state index contributed by atoms with van der Waals surface area (Å²) >= 11 is 12.4. The van der Waals surface area contributed by atoms with Crippen molar-refractivity contribution in [3.63, 3.8) is 0 Å². The molecular formula is C45H63ClIN3O6S3. The minimum atomic E-state index is -3.95. The topological polar surface area (TPSA) is 117 Å². The summed E-state index contributed by atoms with van der Waals surface area (Å²) in [5, 5.41) is 15.9. The van der Waals surface area contributed by atoms with Crippen molar-refractivity contribution in [2.75, 3.05) is 60.2 Å². The van der Waals surface area contributed by atoms with Gasteiger partial charge in [0, 0.05) is 29.1 Å². The van der Waals surface area contributed by atoms with Crippen molar-refractivity contribution in [1.29, 1.82) is 0 Å². The summed E-state index contributed by atoms with van der Waals surface area (Å²) in [6.45, 7) is 10.9. The van der Waals surface area contributed by atoms with Gasteiger partial charge in [0.2, 0.25) is 10.0 Å². The lowest BCUT2D eigenvalue weighted by Gasteiger charge is -2.51. The number of ether oxygens (including phenoxy) is 2. The fourth-order valence-corrected chi connectivity index (χ4v) is 14.7. The first-order chi connectivity index (χ1) is 28.3. The van der Waals surface area contributed by atoms with Crippen molar-refractivity contribution in [2.24, 2.45) is 17.8 Å². The number of aryl methyl sites for hydroxylation is 1. The van der Waals surface area contributed by atoms with Gasteiger partial charge < -0.3 is 24.8 Å². The van der Waals surface area contributed by atoms with Gasteiger partial charge in [0.25, 0.3) is 5.91 Å². The quantitative estimate of drug-likeness (QED) is 0.146. The molecule has 3 N–H and O–H groups in total. The van der Waals surface area contributed by atoms with Crippen LogP contribution in [-0.2, 0) is 26.6 Å². The number of thioether (sulfide) groups is 2. The number of sulfonamides is 1. The molecule has 6 atom stereocenters. The lowest BCUT2D eigenvalue weighted by molar-refractivity contribution is -0.160. The highest BCUT2D eigenvalue weighted by molar-refractivity contribution is 14.1. The van der Waals surface area contributed by atoms with E-state index in [2.05, 4.69) is 56.6 Å². The molecule has 9 nitrogen and oxygen atoms in total. The second-order valence-electron chi connectivity index (χ2n) is 17.6. The molecule has 326 valence electrons. The third-order valence-electron chi connectivity index (χ3n) is 13.9. The Morgan fingerprint density at radius 1 is 1.03 bits per heavy atom. The maximum atomic E-state index is 13.5. The zero-order valence-electron chi connectivity index (χ0n) is 34.9. The van der Waals surface area contributed by atoms with E-state index < -0.39 is 26.8 Å². The van der Waals surface area contributed by atoms with E-state index in [1.807, 2.05) is 54.7 Å². The molecule has 2 spiro atoms. The SMILES string of the molecule is C1CC2(CCN1)CCO2.CCI.C[C@@H]1[C@@H](C)C/C=C/[C@](O)(C2SCCCS2)[C@@H]2CC[C@H]2CN2C[C@@]3(CCCc4cc(Cl)ccc43)COc3ccc(cc32)C(=O)NS1(=O)=O. The predicted octanol–water partition coefficient (Wildman–Crippen LogP) is 8.78. The molecule has 0 radical (unpaired) electrons. The van der Waals surface area contributed by atoms with Gasteiger partial charge in [-0.1, -0.05) is 66.3 Å². The molecule has 0 aromatic heterocycles. The van der Waals surface area contributed by atoms with Crippen LogP contribution in [0.1, 0.15) is 100 Å². The first-order valence-corrected chi connectivity index (χ1v) is 27.3. The van der Waals surface area contributed by atoms with Crippen LogP contribution in [-0.4, -0.2) is 95.8 Å². The Hall–Kier alpha value is -1.20. The summed E-state index contributed by atoms with van der Waals surface area (Å²) in [5.41, 5.74) is 2.66. The molecule has 2 bridgehead atoms. The number of alkyl halides is 1. The van der Waals surface area contributed by atoms with Crippen molar-refractivity contribution >= 4 is 79.3 Å². The fraction of sp³-hybridized carbons (Fsp3) is 0.667. The Labute approximate surface area is 379 Å². The van der Waals surface area contributed by atoms with Gasteiger partial charge in [-0.2, -0.15) is 0 Å². The second-order valence-corrected chi connectivity index (χ2v) is 24.4. The minimum absolute atomic E-state index is 0.0302. The van der Waals surface area contributed by atoms with Crippen LogP contribution in [0.4, 0.5) is 5.69 Å². The van der Waals surface area contributed by atoms with Crippen LogP contribution < -0.4 is 19.7 Å². The number of aliphatic hydroxyl groups is 1. The number of nitrogens with one attached hydrogen (secondary N) is 2. The summed E-state index contributed by atoms with van der Waals surface area (Å²) in [5.74, 6) is 2.18. The second kappa shape index (κ2) is 19.7. The van der Waals surface area contributed by atoms with E-state index in [1.54, 1.807) is 19.1 Å². The maximum Gasteiger partial charge on any atom is 0.264 e. The molecule has 2 aromatic rings. The van der Waals surface area contributed by atoms with E-state index >= 15 is 0 Å². The number of hydrogen-bond acceptors (Lipinski definition) is 10. The highest BCUT2D eigenvalue weighted by Crippen LogP contribution is 2.53. The number of amides is 1. The number of halogens is 2. The van der Waals surface area contributed by atoms with Crippen LogP contribution >= 0.6 is 57.7 Å². The largest absolute Gasteiger partial charge is 0.490 e. The number of rotatable bonds is 1. The molecule has 0 unspecified atom stereocenters. The minimum Gasteiger partial charge on any atom is -0.490 e. The van der Waals surface area contributed by atoms with Crippen molar-refractivity contribution in [3.8, 4) is 5.75 Å². The Balaban J connectivity index is 0.000000378. The van der Waals surface area contributed by atoms with Gasteiger partial charge in [0.15, 0.2) is 0 Å². The van der Waals surface area contributed by atoms with E-state index in [4.69, 9.17) is 21.1 Å². The molecular weight excluding hydrogens is 937 g/mol. The molecule has 2 aromatic carbocycles. The smallest absolute Gasteiger partial charge is 0.264 e. The van der Waals surface area contributed by atoms with Crippen molar-refractivity contribution in [2.45, 2.75) is 111 Å². The fourth-order valence-electron chi connectivity index (χ4n) is 9.98. The van der Waals surface area contributed by atoms with Gasteiger partial charge in [-0.3, -0.25) is 4.79 Å². The van der Waals surface area contributed by atoms with Crippen LogP contribution in [0.15, 0.2) is 48.6 Å². The number of carbonyl (C=O) groups excluding carboxylic acids is 1.